The predicted molar refractivity (Wildman–Crippen MR) is 74.6 cm³/mol. The lowest BCUT2D eigenvalue weighted by Gasteiger charge is -2.10. The van der Waals surface area contributed by atoms with Crippen LogP contribution in [0.5, 0.6) is 0 Å². The minimum absolute atomic E-state index is 0.0585. The number of pyridine rings is 1. The number of nitrogens with one attached hydrogen (secondary N) is 1. The van der Waals surface area contributed by atoms with Crippen molar-refractivity contribution in [3.05, 3.63) is 23.9 Å². The van der Waals surface area contributed by atoms with Crippen molar-refractivity contribution in [2.24, 2.45) is 0 Å². The first-order valence-electron chi connectivity index (χ1n) is 6.50. The molecule has 9 heteroatoms. The number of hydrogen-bond acceptors (Lipinski definition) is 4. The highest BCUT2D eigenvalue weighted by Crippen LogP contribution is 2.37. The Labute approximate surface area is 129 Å². The van der Waals surface area contributed by atoms with Crippen LogP contribution < -0.4 is 5.32 Å². The molecule has 0 aliphatic carbocycles. The Kier molecular flexibility index (Phi) is 7.16. The van der Waals surface area contributed by atoms with E-state index in [0.29, 0.717) is 19.3 Å². The fourth-order valence-corrected chi connectivity index (χ4v) is 2.23. The molecule has 0 unspecified atom stereocenters. The number of aromatic nitrogens is 1. The van der Waals surface area contributed by atoms with E-state index in [0.717, 1.165) is 0 Å². The molecule has 0 aromatic carbocycles. The molecule has 1 rings (SSSR count). The van der Waals surface area contributed by atoms with Crippen LogP contribution in [0.3, 0.4) is 0 Å². The molecule has 0 fully saturated rings. The van der Waals surface area contributed by atoms with Crippen LogP contribution in [0, 0.1) is 0 Å². The van der Waals surface area contributed by atoms with Gasteiger partial charge in [-0.3, -0.25) is 9.59 Å². The maximum Gasteiger partial charge on any atom is 0.447 e. The van der Waals surface area contributed by atoms with Crippen molar-refractivity contribution in [3.8, 4) is 0 Å². The zero-order valence-corrected chi connectivity index (χ0v) is 12.3. The first kappa shape index (κ1) is 18.3. The van der Waals surface area contributed by atoms with Gasteiger partial charge >= 0.3 is 11.5 Å². The van der Waals surface area contributed by atoms with E-state index in [2.05, 4.69) is 10.3 Å². The van der Waals surface area contributed by atoms with Crippen LogP contribution in [0.1, 0.15) is 36.0 Å². The molecule has 122 valence electrons. The summed E-state index contributed by atoms with van der Waals surface area (Å²) in [6.45, 7) is 0.267. The maximum atomic E-state index is 12.4. The van der Waals surface area contributed by atoms with Crippen LogP contribution in [0.25, 0.3) is 0 Å². The van der Waals surface area contributed by atoms with Crippen molar-refractivity contribution in [2.45, 2.75) is 36.2 Å². The Morgan fingerprint density at radius 1 is 1.27 bits per heavy atom. The van der Waals surface area contributed by atoms with E-state index in [-0.39, 0.29) is 18.5 Å². The molecule has 5 nitrogen and oxygen atoms in total. The normalized spacial score (nSPS) is 11.2. The highest BCUT2D eigenvalue weighted by Gasteiger charge is 2.32. The minimum atomic E-state index is -4.51. The third-order valence-electron chi connectivity index (χ3n) is 2.58. The standard InChI is InChI=1S/C13H15F3N2O3S/c14-13(15,16)22-12-9(5-4-8-18-12)11(21)17-7-3-1-2-6-10(19)20/h4-5,8H,1-3,6-7H2,(H,17,21)(H,19,20). The summed E-state index contributed by atoms with van der Waals surface area (Å²) < 4.78 is 37.2. The molecule has 0 spiro atoms. The SMILES string of the molecule is O=C(O)CCCCCNC(=O)c1cccnc1SC(F)(F)F. The van der Waals surface area contributed by atoms with Gasteiger partial charge in [-0.05, 0) is 25.0 Å². The third kappa shape index (κ3) is 7.30. The van der Waals surface area contributed by atoms with Crippen LogP contribution in [0.2, 0.25) is 0 Å². The van der Waals surface area contributed by atoms with Gasteiger partial charge < -0.3 is 10.4 Å². The number of aliphatic carboxylic acids is 1. The number of thioether (sulfide) groups is 1. The van der Waals surface area contributed by atoms with E-state index in [9.17, 15) is 22.8 Å². The number of carboxylic acids is 1. The van der Waals surface area contributed by atoms with Gasteiger partial charge in [-0.2, -0.15) is 13.2 Å². The van der Waals surface area contributed by atoms with Crippen molar-refractivity contribution in [1.82, 2.24) is 10.3 Å². The topological polar surface area (TPSA) is 79.3 Å². The summed E-state index contributed by atoms with van der Waals surface area (Å²) in [5.74, 6) is -1.51. The number of alkyl halides is 3. The molecule has 0 aliphatic rings. The number of hydrogen-bond donors (Lipinski definition) is 2. The Morgan fingerprint density at radius 3 is 2.64 bits per heavy atom. The van der Waals surface area contributed by atoms with Crippen LogP contribution in [-0.4, -0.2) is 34.0 Å². The molecule has 1 heterocycles. The second-order valence-electron chi connectivity index (χ2n) is 4.36. The molecule has 0 aliphatic heterocycles. The number of nitrogens with zero attached hydrogens (tertiary/aromatic N) is 1. The lowest BCUT2D eigenvalue weighted by molar-refractivity contribution is -0.137. The molecule has 1 aromatic heterocycles. The van der Waals surface area contributed by atoms with Gasteiger partial charge in [0.1, 0.15) is 5.03 Å². The van der Waals surface area contributed by atoms with Crippen molar-refractivity contribution >= 4 is 23.6 Å². The van der Waals surface area contributed by atoms with Crippen molar-refractivity contribution in [1.29, 1.82) is 0 Å². The first-order valence-corrected chi connectivity index (χ1v) is 7.32. The minimum Gasteiger partial charge on any atom is -0.481 e. The molecule has 0 bridgehead atoms. The molecule has 2 N–H and O–H groups in total. The monoisotopic (exact) mass is 336 g/mol. The largest absolute Gasteiger partial charge is 0.481 e. The third-order valence-corrected chi connectivity index (χ3v) is 3.33. The molecule has 0 radical (unpaired) electrons. The zero-order chi connectivity index (χ0) is 16.6. The van der Waals surface area contributed by atoms with E-state index in [1.54, 1.807) is 0 Å². The quantitative estimate of drug-likeness (QED) is 0.563. The number of rotatable bonds is 8. The van der Waals surface area contributed by atoms with E-state index in [1.807, 2.05) is 0 Å². The summed E-state index contributed by atoms with van der Waals surface area (Å²) in [6.07, 6.45) is 2.91. The second-order valence-corrected chi connectivity index (χ2v) is 5.42. The molecule has 0 atom stereocenters. The summed E-state index contributed by atoms with van der Waals surface area (Å²) in [6, 6.07) is 2.67. The number of halogens is 3. The summed E-state index contributed by atoms with van der Waals surface area (Å²) in [7, 11) is 0. The van der Waals surface area contributed by atoms with Gasteiger partial charge in [-0.25, -0.2) is 4.98 Å². The molecule has 0 saturated heterocycles. The lowest BCUT2D eigenvalue weighted by Crippen LogP contribution is -2.25. The van der Waals surface area contributed by atoms with Crippen LogP contribution in [0.4, 0.5) is 13.2 Å². The number of unbranched alkanes of at least 4 members (excludes halogenated alkanes) is 2. The van der Waals surface area contributed by atoms with Gasteiger partial charge in [0.05, 0.1) is 5.56 Å². The van der Waals surface area contributed by atoms with Gasteiger partial charge in [0.25, 0.3) is 5.91 Å². The maximum absolute atomic E-state index is 12.4. The second kappa shape index (κ2) is 8.62. The lowest BCUT2D eigenvalue weighted by atomic mass is 10.2. The van der Waals surface area contributed by atoms with E-state index in [4.69, 9.17) is 5.11 Å². The van der Waals surface area contributed by atoms with Crippen LogP contribution in [0.15, 0.2) is 23.4 Å². The smallest absolute Gasteiger partial charge is 0.447 e. The Hall–Kier alpha value is -1.77. The summed E-state index contributed by atoms with van der Waals surface area (Å²) in [5, 5.41) is 10.6. The Bertz CT molecular complexity index is 523. The average Bonchev–Trinajstić information content (AvgIpc) is 2.41. The van der Waals surface area contributed by atoms with Crippen molar-refractivity contribution < 1.29 is 27.9 Å². The zero-order valence-electron chi connectivity index (χ0n) is 11.5. The molecule has 1 amide bonds. The summed E-state index contributed by atoms with van der Waals surface area (Å²) in [4.78, 5) is 25.8. The first-order chi connectivity index (χ1) is 10.3. The number of carbonyl (C=O) groups excluding carboxylic acids is 1. The fourth-order valence-electron chi connectivity index (χ4n) is 1.63. The van der Waals surface area contributed by atoms with Gasteiger partial charge in [-0.1, -0.05) is 6.42 Å². The molecule has 1 aromatic rings. The molecular weight excluding hydrogens is 321 g/mol. The molecular formula is C13H15F3N2O3S. The van der Waals surface area contributed by atoms with Gasteiger partial charge in [0, 0.05) is 30.9 Å². The van der Waals surface area contributed by atoms with E-state index in [1.165, 1.54) is 18.3 Å². The number of amides is 1. The van der Waals surface area contributed by atoms with Gasteiger partial charge in [0.2, 0.25) is 0 Å². The van der Waals surface area contributed by atoms with Gasteiger partial charge in [0.15, 0.2) is 0 Å². The van der Waals surface area contributed by atoms with E-state index >= 15 is 0 Å². The van der Waals surface area contributed by atoms with Crippen molar-refractivity contribution in [2.75, 3.05) is 6.54 Å². The molecule has 22 heavy (non-hydrogen) atoms. The van der Waals surface area contributed by atoms with Crippen molar-refractivity contribution in [3.63, 3.8) is 0 Å². The number of carbonyl (C=O) groups is 2. The Morgan fingerprint density at radius 2 is 2.00 bits per heavy atom. The highest BCUT2D eigenvalue weighted by molar-refractivity contribution is 8.00. The fraction of sp³-hybridized carbons (Fsp3) is 0.462. The van der Waals surface area contributed by atoms with Crippen LogP contribution in [-0.2, 0) is 4.79 Å². The highest BCUT2D eigenvalue weighted by atomic mass is 32.2. The van der Waals surface area contributed by atoms with Crippen LogP contribution >= 0.6 is 11.8 Å². The Balaban J connectivity index is 2.47. The predicted octanol–water partition coefficient (Wildman–Crippen LogP) is 3.07. The van der Waals surface area contributed by atoms with E-state index < -0.39 is 34.2 Å². The summed E-state index contributed by atoms with van der Waals surface area (Å²) in [5.41, 5.74) is -4.64. The van der Waals surface area contributed by atoms with Gasteiger partial charge in [-0.15, -0.1) is 0 Å². The number of carboxylic acid groups (broad SMARTS) is 1. The molecule has 0 saturated carbocycles. The summed E-state index contributed by atoms with van der Waals surface area (Å²) >= 11 is -0.431. The average molecular weight is 336 g/mol.